The van der Waals surface area contributed by atoms with Gasteiger partial charge in [-0.2, -0.15) is 0 Å². The lowest BCUT2D eigenvalue weighted by Gasteiger charge is -1.98. The maximum atomic E-state index is 10.4. The smallest absolute Gasteiger partial charge is 0.120 e. The number of hydrogen-bond acceptors (Lipinski definition) is 2. The molecule has 0 aliphatic heterocycles. The maximum Gasteiger partial charge on any atom is 0.120 e. The van der Waals surface area contributed by atoms with E-state index in [0.29, 0.717) is 6.42 Å². The quantitative estimate of drug-likeness (QED) is 0.627. The standard InChI is InChI=1S/C15H12OS/c16-9-3-4-11-7-8-15-13(10-11)12-5-1-2-6-14(12)17-15/h1-2,5-10H,3-4H2. The maximum absolute atomic E-state index is 10.4. The Hall–Kier alpha value is -1.67. The van der Waals surface area contributed by atoms with Crippen LogP contribution in [0.5, 0.6) is 0 Å². The van der Waals surface area contributed by atoms with Crippen LogP contribution in [-0.2, 0) is 11.2 Å². The molecule has 0 aliphatic carbocycles. The Morgan fingerprint density at radius 3 is 2.71 bits per heavy atom. The van der Waals surface area contributed by atoms with Gasteiger partial charge in [-0.05, 0) is 30.2 Å². The first kappa shape index (κ1) is 10.5. The number of fused-ring (bicyclic) bond motifs is 3. The summed E-state index contributed by atoms with van der Waals surface area (Å²) in [6.07, 6.45) is 2.42. The van der Waals surface area contributed by atoms with Crippen LogP contribution in [0, 0.1) is 0 Å². The van der Waals surface area contributed by atoms with E-state index in [-0.39, 0.29) is 0 Å². The van der Waals surface area contributed by atoms with Crippen LogP contribution in [-0.4, -0.2) is 6.29 Å². The minimum Gasteiger partial charge on any atom is -0.303 e. The molecular formula is C15H12OS. The molecule has 0 aliphatic rings. The number of aryl methyl sites for hydroxylation is 1. The predicted octanol–water partition coefficient (Wildman–Crippen LogP) is 4.19. The van der Waals surface area contributed by atoms with Crippen molar-refractivity contribution < 1.29 is 4.79 Å². The van der Waals surface area contributed by atoms with Crippen molar-refractivity contribution in [1.82, 2.24) is 0 Å². The third kappa shape index (κ3) is 1.85. The number of hydrogen-bond donors (Lipinski definition) is 0. The second-order valence-corrected chi connectivity index (χ2v) is 5.22. The monoisotopic (exact) mass is 240 g/mol. The van der Waals surface area contributed by atoms with Gasteiger partial charge in [0.25, 0.3) is 0 Å². The van der Waals surface area contributed by atoms with Gasteiger partial charge >= 0.3 is 0 Å². The van der Waals surface area contributed by atoms with Gasteiger partial charge in [-0.15, -0.1) is 11.3 Å². The minimum atomic E-state index is 0.605. The highest BCUT2D eigenvalue weighted by Crippen LogP contribution is 2.34. The molecular weight excluding hydrogens is 228 g/mol. The van der Waals surface area contributed by atoms with Crippen molar-refractivity contribution in [3.63, 3.8) is 0 Å². The molecule has 0 unspecified atom stereocenters. The lowest BCUT2D eigenvalue weighted by Crippen LogP contribution is -1.84. The van der Waals surface area contributed by atoms with Gasteiger partial charge in [0.1, 0.15) is 6.29 Å². The zero-order chi connectivity index (χ0) is 11.7. The fraction of sp³-hybridized carbons (Fsp3) is 0.133. The SMILES string of the molecule is O=CCCc1ccc2sc3ccccc3c2c1. The Kier molecular flexibility index (Phi) is 2.65. The number of aldehydes is 1. The molecule has 0 saturated heterocycles. The summed E-state index contributed by atoms with van der Waals surface area (Å²) < 4.78 is 2.65. The molecule has 3 aromatic rings. The molecule has 0 N–H and O–H groups in total. The zero-order valence-corrected chi connectivity index (χ0v) is 10.2. The Balaban J connectivity index is 2.19. The molecule has 2 heteroatoms. The fourth-order valence-electron chi connectivity index (χ4n) is 2.15. The number of carbonyl (C=O) groups is 1. The van der Waals surface area contributed by atoms with Crippen molar-refractivity contribution in [2.75, 3.05) is 0 Å². The fourth-order valence-corrected chi connectivity index (χ4v) is 3.24. The Morgan fingerprint density at radius 2 is 1.82 bits per heavy atom. The van der Waals surface area contributed by atoms with Crippen LogP contribution in [0.1, 0.15) is 12.0 Å². The van der Waals surface area contributed by atoms with E-state index in [9.17, 15) is 4.79 Å². The first-order chi connectivity index (χ1) is 8.38. The normalized spacial score (nSPS) is 11.1. The molecule has 0 spiro atoms. The van der Waals surface area contributed by atoms with Crippen molar-refractivity contribution in [3.8, 4) is 0 Å². The molecule has 0 amide bonds. The predicted molar refractivity (Wildman–Crippen MR) is 73.7 cm³/mol. The third-order valence-electron chi connectivity index (χ3n) is 2.99. The molecule has 1 aromatic heterocycles. The second-order valence-electron chi connectivity index (χ2n) is 4.13. The summed E-state index contributed by atoms with van der Waals surface area (Å²) in [5.41, 5.74) is 1.24. The van der Waals surface area contributed by atoms with Crippen molar-refractivity contribution in [2.24, 2.45) is 0 Å². The zero-order valence-electron chi connectivity index (χ0n) is 9.35. The molecule has 0 radical (unpaired) electrons. The van der Waals surface area contributed by atoms with Gasteiger partial charge in [0.2, 0.25) is 0 Å². The average Bonchev–Trinajstić information content (AvgIpc) is 2.74. The first-order valence-electron chi connectivity index (χ1n) is 5.72. The second kappa shape index (κ2) is 4.30. The molecule has 0 atom stereocenters. The summed E-state index contributed by atoms with van der Waals surface area (Å²) >= 11 is 1.82. The summed E-state index contributed by atoms with van der Waals surface area (Å²) in [5.74, 6) is 0. The molecule has 84 valence electrons. The highest BCUT2D eigenvalue weighted by atomic mass is 32.1. The van der Waals surface area contributed by atoms with Gasteiger partial charge in [-0.3, -0.25) is 0 Å². The summed E-state index contributed by atoms with van der Waals surface area (Å²) in [6.45, 7) is 0. The van der Waals surface area contributed by atoms with Crippen LogP contribution >= 0.6 is 11.3 Å². The van der Waals surface area contributed by atoms with E-state index >= 15 is 0 Å². The summed E-state index contributed by atoms with van der Waals surface area (Å²) in [6, 6.07) is 15.0. The highest BCUT2D eigenvalue weighted by molar-refractivity contribution is 7.25. The van der Waals surface area contributed by atoms with Crippen molar-refractivity contribution >= 4 is 37.8 Å². The van der Waals surface area contributed by atoms with Crippen LogP contribution in [0.25, 0.3) is 20.2 Å². The van der Waals surface area contributed by atoms with Crippen LogP contribution in [0.3, 0.4) is 0 Å². The van der Waals surface area contributed by atoms with Gasteiger partial charge in [-0.1, -0.05) is 24.3 Å². The summed E-state index contributed by atoms with van der Waals surface area (Å²) in [5, 5.41) is 2.63. The lowest BCUT2D eigenvalue weighted by atomic mass is 10.1. The molecule has 1 nitrogen and oxygen atoms in total. The highest BCUT2D eigenvalue weighted by Gasteiger charge is 2.04. The molecule has 0 fully saturated rings. The molecule has 3 rings (SSSR count). The van der Waals surface area contributed by atoms with Gasteiger partial charge in [0.15, 0.2) is 0 Å². The Labute approximate surface area is 104 Å². The van der Waals surface area contributed by atoms with Crippen LogP contribution in [0.15, 0.2) is 42.5 Å². The van der Waals surface area contributed by atoms with E-state index in [2.05, 4.69) is 42.5 Å². The molecule has 17 heavy (non-hydrogen) atoms. The van der Waals surface area contributed by atoms with Gasteiger partial charge in [0, 0.05) is 26.6 Å². The van der Waals surface area contributed by atoms with Crippen LogP contribution < -0.4 is 0 Å². The first-order valence-corrected chi connectivity index (χ1v) is 6.54. The molecule has 0 bridgehead atoms. The van der Waals surface area contributed by atoms with Gasteiger partial charge in [-0.25, -0.2) is 0 Å². The number of rotatable bonds is 3. The van der Waals surface area contributed by atoms with E-state index in [1.165, 1.54) is 25.7 Å². The van der Waals surface area contributed by atoms with E-state index in [1.807, 2.05) is 11.3 Å². The van der Waals surface area contributed by atoms with Crippen LogP contribution in [0.4, 0.5) is 0 Å². The van der Waals surface area contributed by atoms with Crippen molar-refractivity contribution in [3.05, 3.63) is 48.0 Å². The number of benzene rings is 2. The van der Waals surface area contributed by atoms with E-state index in [4.69, 9.17) is 0 Å². The Morgan fingerprint density at radius 1 is 1.00 bits per heavy atom. The summed E-state index contributed by atoms with van der Waals surface area (Å²) in [7, 11) is 0. The van der Waals surface area contributed by atoms with Gasteiger partial charge < -0.3 is 4.79 Å². The van der Waals surface area contributed by atoms with E-state index in [1.54, 1.807) is 0 Å². The largest absolute Gasteiger partial charge is 0.303 e. The van der Waals surface area contributed by atoms with Crippen molar-refractivity contribution in [1.29, 1.82) is 0 Å². The van der Waals surface area contributed by atoms with Gasteiger partial charge in [0.05, 0.1) is 0 Å². The minimum absolute atomic E-state index is 0.605. The van der Waals surface area contributed by atoms with Crippen molar-refractivity contribution in [2.45, 2.75) is 12.8 Å². The number of carbonyl (C=O) groups excluding carboxylic acids is 1. The average molecular weight is 240 g/mol. The van der Waals surface area contributed by atoms with E-state index in [0.717, 1.165) is 12.7 Å². The number of thiophene rings is 1. The molecule has 0 saturated carbocycles. The Bertz CT molecular complexity index is 682. The summed E-state index contributed by atoms with van der Waals surface area (Å²) in [4.78, 5) is 10.4. The van der Waals surface area contributed by atoms with E-state index < -0.39 is 0 Å². The molecule has 2 aromatic carbocycles. The third-order valence-corrected chi connectivity index (χ3v) is 4.14. The topological polar surface area (TPSA) is 17.1 Å². The van der Waals surface area contributed by atoms with Crippen LogP contribution in [0.2, 0.25) is 0 Å². The lowest BCUT2D eigenvalue weighted by molar-refractivity contribution is -0.107. The molecule has 1 heterocycles.